The molecule has 1 fully saturated rings. The van der Waals surface area contributed by atoms with Crippen molar-refractivity contribution in [2.75, 3.05) is 13.1 Å². The number of nitrogens with one attached hydrogen (secondary N) is 2. The summed E-state index contributed by atoms with van der Waals surface area (Å²) in [7, 11) is 0. The molecule has 98 valence electrons. The molecule has 2 rings (SSSR count). The highest BCUT2D eigenvalue weighted by Crippen LogP contribution is 2.26. The van der Waals surface area contributed by atoms with Gasteiger partial charge in [-0.05, 0) is 16.5 Å². The van der Waals surface area contributed by atoms with Crippen molar-refractivity contribution in [3.63, 3.8) is 0 Å². The van der Waals surface area contributed by atoms with E-state index >= 15 is 0 Å². The number of amides is 2. The summed E-state index contributed by atoms with van der Waals surface area (Å²) in [4.78, 5) is 11.1. The standard InChI is InChI=1S/C14H21N3O/c1-13(2,3)10-5-4-6-11(7-10)14(15)8-16-12(18)17-9-14/h4-7H,8-9,15H2,1-3H3,(H2,16,17,18). The molecule has 1 heterocycles. The van der Waals surface area contributed by atoms with Crippen molar-refractivity contribution in [2.45, 2.75) is 31.7 Å². The van der Waals surface area contributed by atoms with Gasteiger partial charge in [-0.1, -0.05) is 45.0 Å². The number of carbonyl (C=O) groups is 1. The second-order valence-electron chi connectivity index (χ2n) is 6.02. The highest BCUT2D eigenvalue weighted by atomic mass is 16.2. The number of carbonyl (C=O) groups excluding carboxylic acids is 1. The highest BCUT2D eigenvalue weighted by molar-refractivity contribution is 5.75. The molecule has 1 aromatic carbocycles. The zero-order chi connectivity index (χ0) is 13.4. The van der Waals surface area contributed by atoms with E-state index in [1.807, 2.05) is 12.1 Å². The summed E-state index contributed by atoms with van der Waals surface area (Å²) in [5, 5.41) is 5.51. The van der Waals surface area contributed by atoms with Crippen LogP contribution in [-0.2, 0) is 11.0 Å². The molecule has 1 aliphatic rings. The summed E-state index contributed by atoms with van der Waals surface area (Å²) in [6.07, 6.45) is 0. The van der Waals surface area contributed by atoms with Crippen LogP contribution in [0.1, 0.15) is 31.9 Å². The third-order valence-corrected chi connectivity index (χ3v) is 3.43. The maximum Gasteiger partial charge on any atom is 0.314 e. The number of hydrogen-bond donors (Lipinski definition) is 3. The van der Waals surface area contributed by atoms with Gasteiger partial charge in [-0.2, -0.15) is 0 Å². The molecule has 2 amide bonds. The Hall–Kier alpha value is -1.55. The third-order valence-electron chi connectivity index (χ3n) is 3.43. The molecule has 1 saturated heterocycles. The molecular weight excluding hydrogens is 226 g/mol. The molecular formula is C14H21N3O. The smallest absolute Gasteiger partial charge is 0.314 e. The maximum atomic E-state index is 11.1. The molecule has 0 unspecified atom stereocenters. The Bertz CT molecular complexity index is 452. The van der Waals surface area contributed by atoms with Crippen molar-refractivity contribution in [1.29, 1.82) is 0 Å². The van der Waals surface area contributed by atoms with E-state index in [4.69, 9.17) is 5.73 Å². The third kappa shape index (κ3) is 2.48. The van der Waals surface area contributed by atoms with Crippen LogP contribution in [0.5, 0.6) is 0 Å². The first-order valence-corrected chi connectivity index (χ1v) is 6.23. The van der Waals surface area contributed by atoms with Crippen LogP contribution in [0, 0.1) is 0 Å². The van der Waals surface area contributed by atoms with Crippen LogP contribution in [-0.4, -0.2) is 19.1 Å². The quantitative estimate of drug-likeness (QED) is 0.703. The molecule has 1 aromatic rings. The molecule has 0 aromatic heterocycles. The van der Waals surface area contributed by atoms with Gasteiger partial charge < -0.3 is 16.4 Å². The second kappa shape index (κ2) is 4.28. The first-order chi connectivity index (χ1) is 8.31. The van der Waals surface area contributed by atoms with Crippen molar-refractivity contribution in [2.24, 2.45) is 5.73 Å². The summed E-state index contributed by atoms with van der Waals surface area (Å²) in [6.45, 7) is 7.46. The fourth-order valence-corrected chi connectivity index (χ4v) is 2.10. The normalized spacial score (nSPS) is 19.0. The molecule has 4 N–H and O–H groups in total. The van der Waals surface area contributed by atoms with Crippen LogP contribution in [0.25, 0.3) is 0 Å². The Morgan fingerprint density at radius 3 is 2.39 bits per heavy atom. The van der Waals surface area contributed by atoms with Crippen LogP contribution in [0.4, 0.5) is 4.79 Å². The minimum atomic E-state index is -0.533. The van der Waals surface area contributed by atoms with E-state index in [-0.39, 0.29) is 11.4 Å². The van der Waals surface area contributed by atoms with Crippen molar-refractivity contribution < 1.29 is 4.79 Å². The zero-order valence-corrected chi connectivity index (χ0v) is 11.2. The largest absolute Gasteiger partial charge is 0.336 e. The zero-order valence-electron chi connectivity index (χ0n) is 11.2. The Labute approximate surface area is 108 Å². The Kier molecular flexibility index (Phi) is 3.07. The summed E-state index contributed by atoms with van der Waals surface area (Å²) in [5.41, 5.74) is 8.25. The van der Waals surface area contributed by atoms with E-state index in [9.17, 15) is 4.79 Å². The fraction of sp³-hybridized carbons (Fsp3) is 0.500. The van der Waals surface area contributed by atoms with Crippen molar-refractivity contribution in [3.05, 3.63) is 35.4 Å². The average molecular weight is 247 g/mol. The average Bonchev–Trinajstić information content (AvgIpc) is 2.32. The number of benzene rings is 1. The van der Waals surface area contributed by atoms with E-state index < -0.39 is 5.54 Å². The van der Waals surface area contributed by atoms with Gasteiger partial charge in [-0.15, -0.1) is 0 Å². The van der Waals surface area contributed by atoms with Gasteiger partial charge in [0.2, 0.25) is 0 Å². The first-order valence-electron chi connectivity index (χ1n) is 6.23. The van der Waals surface area contributed by atoms with Gasteiger partial charge in [-0.3, -0.25) is 0 Å². The summed E-state index contributed by atoms with van der Waals surface area (Å²) in [5.74, 6) is 0. The van der Waals surface area contributed by atoms with E-state index in [1.165, 1.54) is 5.56 Å². The Morgan fingerprint density at radius 2 is 1.83 bits per heavy atom. The number of rotatable bonds is 1. The number of nitrogens with two attached hydrogens (primary N) is 1. The second-order valence-corrected chi connectivity index (χ2v) is 6.02. The van der Waals surface area contributed by atoms with Gasteiger partial charge in [0.1, 0.15) is 0 Å². The predicted octanol–water partition coefficient (Wildman–Crippen LogP) is 1.45. The van der Waals surface area contributed by atoms with Crippen molar-refractivity contribution in [3.8, 4) is 0 Å². The minimum Gasteiger partial charge on any atom is -0.336 e. The maximum absolute atomic E-state index is 11.1. The lowest BCUT2D eigenvalue weighted by Gasteiger charge is -2.35. The summed E-state index contributed by atoms with van der Waals surface area (Å²) >= 11 is 0. The van der Waals surface area contributed by atoms with Crippen LogP contribution >= 0.6 is 0 Å². The first kappa shape index (κ1) is 12.9. The van der Waals surface area contributed by atoms with Gasteiger partial charge in [0.25, 0.3) is 0 Å². The SMILES string of the molecule is CC(C)(C)c1cccc(C2(N)CNC(=O)NC2)c1. The van der Waals surface area contributed by atoms with Crippen LogP contribution in [0.15, 0.2) is 24.3 Å². The van der Waals surface area contributed by atoms with Gasteiger partial charge in [0, 0.05) is 13.1 Å². The molecule has 18 heavy (non-hydrogen) atoms. The van der Waals surface area contributed by atoms with Crippen molar-refractivity contribution in [1.82, 2.24) is 10.6 Å². The van der Waals surface area contributed by atoms with Crippen LogP contribution < -0.4 is 16.4 Å². The molecule has 4 heteroatoms. The molecule has 0 atom stereocenters. The summed E-state index contributed by atoms with van der Waals surface area (Å²) in [6, 6.07) is 8.15. The Balaban J connectivity index is 2.31. The minimum absolute atomic E-state index is 0.0950. The lowest BCUT2D eigenvalue weighted by atomic mass is 9.82. The molecule has 4 nitrogen and oxygen atoms in total. The highest BCUT2D eigenvalue weighted by Gasteiger charge is 2.32. The molecule has 0 aliphatic carbocycles. The van der Waals surface area contributed by atoms with Crippen molar-refractivity contribution >= 4 is 6.03 Å². The van der Waals surface area contributed by atoms with Gasteiger partial charge in [0.05, 0.1) is 5.54 Å². The van der Waals surface area contributed by atoms with Crippen LogP contribution in [0.3, 0.4) is 0 Å². The van der Waals surface area contributed by atoms with E-state index in [2.05, 4.69) is 43.5 Å². The molecule has 1 aliphatic heterocycles. The van der Waals surface area contributed by atoms with Gasteiger partial charge in [-0.25, -0.2) is 4.79 Å². The number of hydrogen-bond acceptors (Lipinski definition) is 2. The van der Waals surface area contributed by atoms with E-state index in [0.717, 1.165) is 5.56 Å². The van der Waals surface area contributed by atoms with E-state index in [0.29, 0.717) is 13.1 Å². The molecule has 0 saturated carbocycles. The monoisotopic (exact) mass is 247 g/mol. The summed E-state index contributed by atoms with van der Waals surface area (Å²) < 4.78 is 0. The van der Waals surface area contributed by atoms with Gasteiger partial charge >= 0.3 is 6.03 Å². The number of urea groups is 1. The molecule has 0 spiro atoms. The Morgan fingerprint density at radius 1 is 1.22 bits per heavy atom. The topological polar surface area (TPSA) is 67.1 Å². The van der Waals surface area contributed by atoms with Gasteiger partial charge in [0.15, 0.2) is 0 Å². The van der Waals surface area contributed by atoms with E-state index in [1.54, 1.807) is 0 Å². The lowest BCUT2D eigenvalue weighted by Crippen LogP contribution is -2.61. The van der Waals surface area contributed by atoms with Crippen LogP contribution in [0.2, 0.25) is 0 Å². The predicted molar refractivity (Wildman–Crippen MR) is 72.4 cm³/mol. The fourth-order valence-electron chi connectivity index (χ4n) is 2.10. The lowest BCUT2D eigenvalue weighted by molar-refractivity contribution is 0.223. The molecule has 0 radical (unpaired) electrons. The molecule has 0 bridgehead atoms.